The van der Waals surface area contributed by atoms with Crippen molar-refractivity contribution >= 4 is 17.7 Å². The van der Waals surface area contributed by atoms with E-state index in [-0.39, 0.29) is 0 Å². The smallest absolute Gasteiger partial charge is 0.191 e. The average molecular weight is 292 g/mol. The van der Waals surface area contributed by atoms with Crippen LogP contribution in [0.2, 0.25) is 0 Å². The second-order valence-corrected chi connectivity index (χ2v) is 6.26. The summed E-state index contributed by atoms with van der Waals surface area (Å²) in [5.41, 5.74) is 1.25. The third-order valence-corrected chi connectivity index (χ3v) is 4.81. The van der Waals surface area contributed by atoms with Gasteiger partial charge in [0.15, 0.2) is 5.96 Å². The van der Waals surface area contributed by atoms with Crippen LogP contribution in [-0.4, -0.2) is 42.1 Å². The van der Waals surface area contributed by atoms with Gasteiger partial charge in [0.1, 0.15) is 0 Å². The molecule has 0 saturated heterocycles. The van der Waals surface area contributed by atoms with Crippen molar-refractivity contribution in [2.75, 3.05) is 19.8 Å². The van der Waals surface area contributed by atoms with Crippen LogP contribution in [0.15, 0.2) is 29.5 Å². The second-order valence-electron chi connectivity index (χ2n) is 5.12. The molecule has 0 amide bonds. The van der Waals surface area contributed by atoms with Gasteiger partial charge in [0.25, 0.3) is 0 Å². The van der Waals surface area contributed by atoms with Crippen molar-refractivity contribution in [3.8, 4) is 0 Å². The van der Waals surface area contributed by atoms with Crippen molar-refractivity contribution in [1.82, 2.24) is 15.6 Å². The number of nitrogens with one attached hydrogen (secondary N) is 2. The normalized spacial score (nSPS) is 22.8. The summed E-state index contributed by atoms with van der Waals surface area (Å²) in [4.78, 5) is 8.43. The third-order valence-electron chi connectivity index (χ3n) is 3.71. The van der Waals surface area contributed by atoms with E-state index in [1.807, 2.05) is 31.1 Å². The molecule has 1 aliphatic carbocycles. The van der Waals surface area contributed by atoms with Crippen LogP contribution in [0.4, 0.5) is 0 Å². The number of hydrogen-bond donors (Lipinski definition) is 2. The Labute approximate surface area is 125 Å². The maximum atomic E-state index is 4.31. The van der Waals surface area contributed by atoms with E-state index < -0.39 is 0 Å². The third kappa shape index (κ3) is 4.71. The standard InChI is InChI=1S/C15H24N4S/c1-16-15(19-13-5-6-14(10-13)20-2)18-9-7-12-4-3-8-17-11-12/h3-4,8,11,13-14H,5-7,9-10H2,1-2H3,(H2,16,18,19). The van der Waals surface area contributed by atoms with Gasteiger partial charge < -0.3 is 10.6 Å². The Morgan fingerprint density at radius 1 is 1.50 bits per heavy atom. The van der Waals surface area contributed by atoms with Crippen molar-refractivity contribution in [3.05, 3.63) is 30.1 Å². The molecule has 0 radical (unpaired) electrons. The first kappa shape index (κ1) is 15.2. The molecule has 2 rings (SSSR count). The van der Waals surface area contributed by atoms with Gasteiger partial charge in [0, 0.05) is 37.3 Å². The first-order chi connectivity index (χ1) is 9.81. The van der Waals surface area contributed by atoms with E-state index in [9.17, 15) is 0 Å². The van der Waals surface area contributed by atoms with Crippen LogP contribution in [0.1, 0.15) is 24.8 Å². The number of guanidine groups is 1. The number of rotatable bonds is 5. The number of aromatic nitrogens is 1. The summed E-state index contributed by atoms with van der Waals surface area (Å²) < 4.78 is 0. The molecule has 2 atom stereocenters. The van der Waals surface area contributed by atoms with Gasteiger partial charge >= 0.3 is 0 Å². The lowest BCUT2D eigenvalue weighted by Crippen LogP contribution is -2.43. The molecule has 1 aromatic rings. The van der Waals surface area contributed by atoms with Gasteiger partial charge in [-0.1, -0.05) is 6.07 Å². The van der Waals surface area contributed by atoms with E-state index in [0.29, 0.717) is 6.04 Å². The largest absolute Gasteiger partial charge is 0.356 e. The highest BCUT2D eigenvalue weighted by Gasteiger charge is 2.24. The zero-order valence-electron chi connectivity index (χ0n) is 12.3. The number of pyridine rings is 1. The maximum absolute atomic E-state index is 4.31. The Balaban J connectivity index is 1.71. The molecule has 1 saturated carbocycles. The summed E-state index contributed by atoms with van der Waals surface area (Å²) >= 11 is 1.98. The van der Waals surface area contributed by atoms with Crippen molar-refractivity contribution < 1.29 is 0 Å². The minimum Gasteiger partial charge on any atom is -0.356 e. The van der Waals surface area contributed by atoms with Crippen LogP contribution in [0.5, 0.6) is 0 Å². The van der Waals surface area contributed by atoms with Crippen molar-refractivity contribution in [2.24, 2.45) is 4.99 Å². The summed E-state index contributed by atoms with van der Waals surface area (Å²) in [6, 6.07) is 4.64. The molecule has 110 valence electrons. The highest BCUT2D eigenvalue weighted by molar-refractivity contribution is 7.99. The summed E-state index contributed by atoms with van der Waals surface area (Å²) in [5, 5.41) is 7.71. The highest BCUT2D eigenvalue weighted by atomic mass is 32.2. The van der Waals surface area contributed by atoms with Crippen LogP contribution >= 0.6 is 11.8 Å². The molecule has 1 aliphatic rings. The maximum Gasteiger partial charge on any atom is 0.191 e. The van der Waals surface area contributed by atoms with Crippen molar-refractivity contribution in [3.63, 3.8) is 0 Å². The van der Waals surface area contributed by atoms with Crippen LogP contribution in [0.3, 0.4) is 0 Å². The first-order valence-corrected chi connectivity index (χ1v) is 8.49. The molecule has 5 heteroatoms. The van der Waals surface area contributed by atoms with Crippen molar-refractivity contribution in [2.45, 2.75) is 37.0 Å². The van der Waals surface area contributed by atoms with Crippen LogP contribution in [-0.2, 0) is 6.42 Å². The molecular formula is C15H24N4S. The molecule has 0 aromatic carbocycles. The SMILES string of the molecule is CN=C(NCCc1cccnc1)NC1CCC(SC)C1. The fraction of sp³-hybridized carbons (Fsp3) is 0.600. The predicted molar refractivity (Wildman–Crippen MR) is 87.4 cm³/mol. The Morgan fingerprint density at radius 2 is 2.40 bits per heavy atom. The summed E-state index contributed by atoms with van der Waals surface area (Å²) in [5.74, 6) is 0.917. The van der Waals surface area contributed by atoms with Gasteiger partial charge in [-0.25, -0.2) is 0 Å². The molecule has 0 spiro atoms. The lowest BCUT2D eigenvalue weighted by atomic mass is 10.2. The average Bonchev–Trinajstić information content (AvgIpc) is 2.95. The van der Waals surface area contributed by atoms with E-state index in [0.717, 1.165) is 24.2 Å². The van der Waals surface area contributed by atoms with Crippen LogP contribution in [0.25, 0.3) is 0 Å². The molecule has 2 unspecified atom stereocenters. The zero-order chi connectivity index (χ0) is 14.2. The van der Waals surface area contributed by atoms with Gasteiger partial charge in [0.2, 0.25) is 0 Å². The molecule has 2 N–H and O–H groups in total. The monoisotopic (exact) mass is 292 g/mol. The first-order valence-electron chi connectivity index (χ1n) is 7.20. The molecule has 0 aliphatic heterocycles. The fourth-order valence-corrected chi connectivity index (χ4v) is 3.34. The number of aliphatic imine (C=N–C) groups is 1. The van der Waals surface area contributed by atoms with E-state index in [1.165, 1.54) is 24.8 Å². The minimum atomic E-state index is 0.567. The predicted octanol–water partition coefficient (Wildman–Crippen LogP) is 2.07. The highest BCUT2D eigenvalue weighted by Crippen LogP contribution is 2.27. The van der Waals surface area contributed by atoms with Gasteiger partial charge in [-0.05, 0) is 43.6 Å². The van der Waals surface area contributed by atoms with E-state index in [1.54, 1.807) is 6.20 Å². The molecule has 4 nitrogen and oxygen atoms in total. The molecule has 0 bridgehead atoms. The zero-order valence-corrected chi connectivity index (χ0v) is 13.1. The van der Waals surface area contributed by atoms with Crippen LogP contribution < -0.4 is 10.6 Å². The molecule has 1 aromatic heterocycles. The van der Waals surface area contributed by atoms with Gasteiger partial charge in [-0.15, -0.1) is 0 Å². The summed E-state index contributed by atoms with van der Waals surface area (Å²) in [6.45, 7) is 0.879. The molecule has 20 heavy (non-hydrogen) atoms. The Hall–Kier alpha value is -1.23. The molecular weight excluding hydrogens is 268 g/mol. The fourth-order valence-electron chi connectivity index (χ4n) is 2.54. The second kappa shape index (κ2) is 8.15. The lowest BCUT2D eigenvalue weighted by molar-refractivity contribution is 0.614. The van der Waals surface area contributed by atoms with E-state index >= 15 is 0 Å². The molecule has 1 heterocycles. The van der Waals surface area contributed by atoms with Crippen molar-refractivity contribution in [1.29, 1.82) is 0 Å². The summed E-state index contributed by atoms with van der Waals surface area (Å²) in [6.07, 6.45) is 10.7. The van der Waals surface area contributed by atoms with Gasteiger partial charge in [-0.3, -0.25) is 9.98 Å². The topological polar surface area (TPSA) is 49.3 Å². The Bertz CT molecular complexity index is 421. The number of nitrogens with zero attached hydrogens (tertiary/aromatic N) is 2. The summed E-state index contributed by atoms with van der Waals surface area (Å²) in [7, 11) is 1.83. The number of thioether (sulfide) groups is 1. The van der Waals surface area contributed by atoms with E-state index in [4.69, 9.17) is 0 Å². The van der Waals surface area contributed by atoms with E-state index in [2.05, 4.69) is 32.9 Å². The lowest BCUT2D eigenvalue weighted by Gasteiger charge is -2.17. The Kier molecular flexibility index (Phi) is 6.18. The van der Waals surface area contributed by atoms with Gasteiger partial charge in [-0.2, -0.15) is 11.8 Å². The van der Waals surface area contributed by atoms with Crippen LogP contribution in [0, 0.1) is 0 Å². The minimum absolute atomic E-state index is 0.567. The molecule has 1 fully saturated rings. The number of hydrogen-bond acceptors (Lipinski definition) is 3. The van der Waals surface area contributed by atoms with Gasteiger partial charge in [0.05, 0.1) is 0 Å². The quantitative estimate of drug-likeness (QED) is 0.644. The Morgan fingerprint density at radius 3 is 3.05 bits per heavy atom.